The molecule has 0 aromatic carbocycles. The fraction of sp³-hybridized carbons (Fsp3) is 0.923. The van der Waals surface area contributed by atoms with Gasteiger partial charge >= 0.3 is 0 Å². The highest BCUT2D eigenvalue weighted by atomic mass is 16.1. The van der Waals surface area contributed by atoms with E-state index in [9.17, 15) is 4.79 Å². The Kier molecular flexibility index (Phi) is 4.78. The third-order valence-electron chi connectivity index (χ3n) is 3.91. The van der Waals surface area contributed by atoms with Gasteiger partial charge in [-0.15, -0.1) is 0 Å². The molecule has 0 spiro atoms. The molecule has 1 fully saturated rings. The highest BCUT2D eigenvalue weighted by Crippen LogP contribution is 2.26. The Balaban J connectivity index is 2.35. The zero-order valence-electron chi connectivity index (χ0n) is 11.1. The molecule has 1 aliphatic heterocycles. The summed E-state index contributed by atoms with van der Waals surface area (Å²) < 4.78 is 0. The summed E-state index contributed by atoms with van der Waals surface area (Å²) >= 11 is 0. The lowest BCUT2D eigenvalue weighted by Gasteiger charge is -2.34. The van der Waals surface area contributed by atoms with Gasteiger partial charge in [0.25, 0.3) is 0 Å². The Hall–Kier alpha value is -0.570. The van der Waals surface area contributed by atoms with E-state index in [1.165, 1.54) is 0 Å². The number of carbonyl (C=O) groups is 1. The fourth-order valence-electron chi connectivity index (χ4n) is 1.97. The summed E-state index contributed by atoms with van der Waals surface area (Å²) in [6, 6.07) is 0. The smallest absolute Gasteiger partial charge is 0.223 e. The van der Waals surface area contributed by atoms with Crippen LogP contribution in [0.25, 0.3) is 0 Å². The lowest BCUT2D eigenvalue weighted by molar-refractivity contribution is -0.126. The van der Waals surface area contributed by atoms with Gasteiger partial charge in [-0.2, -0.15) is 0 Å². The Morgan fingerprint density at radius 3 is 2.38 bits per heavy atom. The molecule has 1 amide bonds. The van der Waals surface area contributed by atoms with E-state index in [1.54, 1.807) is 0 Å². The topological polar surface area (TPSA) is 41.1 Å². The molecule has 3 heteroatoms. The first-order valence-electron chi connectivity index (χ1n) is 6.43. The van der Waals surface area contributed by atoms with Crippen LogP contribution < -0.4 is 10.6 Å². The van der Waals surface area contributed by atoms with Crippen molar-refractivity contribution in [2.75, 3.05) is 19.6 Å². The molecule has 0 aliphatic carbocycles. The van der Waals surface area contributed by atoms with E-state index < -0.39 is 0 Å². The first-order chi connectivity index (χ1) is 7.44. The van der Waals surface area contributed by atoms with Crippen molar-refractivity contribution >= 4 is 5.91 Å². The molecular formula is C13H26N2O. The maximum atomic E-state index is 11.8. The van der Waals surface area contributed by atoms with Gasteiger partial charge in [-0.05, 0) is 37.3 Å². The lowest BCUT2D eigenvalue weighted by atomic mass is 9.81. The summed E-state index contributed by atoms with van der Waals surface area (Å²) in [5.41, 5.74) is 0.289. The Labute approximate surface area is 99.4 Å². The maximum Gasteiger partial charge on any atom is 0.223 e. The zero-order chi connectivity index (χ0) is 12.2. The summed E-state index contributed by atoms with van der Waals surface area (Å²) in [5, 5.41) is 6.46. The van der Waals surface area contributed by atoms with Crippen LogP contribution in [0.4, 0.5) is 0 Å². The molecule has 16 heavy (non-hydrogen) atoms. The summed E-state index contributed by atoms with van der Waals surface area (Å²) in [6.45, 7) is 11.4. The minimum atomic E-state index is 0.116. The molecule has 3 nitrogen and oxygen atoms in total. The van der Waals surface area contributed by atoms with Crippen LogP contribution >= 0.6 is 0 Å². The Morgan fingerprint density at radius 2 is 1.88 bits per heavy atom. The molecule has 1 saturated heterocycles. The van der Waals surface area contributed by atoms with Gasteiger partial charge in [-0.3, -0.25) is 4.79 Å². The molecule has 0 bridgehead atoms. The number of carbonyl (C=O) groups excluding carboxylic acids is 1. The van der Waals surface area contributed by atoms with Crippen molar-refractivity contribution in [3.8, 4) is 0 Å². The molecule has 1 rings (SSSR count). The second kappa shape index (κ2) is 5.67. The van der Waals surface area contributed by atoms with E-state index >= 15 is 0 Å². The SMILES string of the molecule is CC(C)C(C)C(=O)NCC1(C)CCNCC1. The quantitative estimate of drug-likeness (QED) is 0.767. The minimum Gasteiger partial charge on any atom is -0.355 e. The first kappa shape index (κ1) is 13.5. The van der Waals surface area contributed by atoms with Crippen molar-refractivity contribution in [2.45, 2.75) is 40.5 Å². The van der Waals surface area contributed by atoms with Crippen molar-refractivity contribution < 1.29 is 4.79 Å². The van der Waals surface area contributed by atoms with Crippen LogP contribution in [0.2, 0.25) is 0 Å². The van der Waals surface area contributed by atoms with Crippen LogP contribution in [0, 0.1) is 17.3 Å². The Morgan fingerprint density at radius 1 is 1.31 bits per heavy atom. The van der Waals surface area contributed by atoms with Crippen LogP contribution in [-0.4, -0.2) is 25.5 Å². The van der Waals surface area contributed by atoms with Gasteiger partial charge in [0.2, 0.25) is 5.91 Å². The fourth-order valence-corrected chi connectivity index (χ4v) is 1.97. The average Bonchev–Trinajstić information content (AvgIpc) is 2.26. The minimum absolute atomic E-state index is 0.116. The molecule has 2 N–H and O–H groups in total. The summed E-state index contributed by atoms with van der Waals surface area (Å²) in [6.07, 6.45) is 2.31. The van der Waals surface area contributed by atoms with Gasteiger partial charge in [0.05, 0.1) is 0 Å². The van der Waals surface area contributed by atoms with Gasteiger partial charge in [-0.1, -0.05) is 27.7 Å². The largest absolute Gasteiger partial charge is 0.355 e. The van der Waals surface area contributed by atoms with E-state index in [1.807, 2.05) is 6.92 Å². The van der Waals surface area contributed by atoms with Crippen molar-refractivity contribution in [2.24, 2.45) is 17.3 Å². The Bertz CT molecular complexity index is 232. The number of nitrogens with one attached hydrogen (secondary N) is 2. The summed E-state index contributed by atoms with van der Waals surface area (Å²) in [4.78, 5) is 11.8. The second-order valence-electron chi connectivity index (χ2n) is 5.81. The molecular weight excluding hydrogens is 200 g/mol. The highest BCUT2D eigenvalue weighted by molar-refractivity contribution is 5.78. The molecule has 1 atom stereocenters. The van der Waals surface area contributed by atoms with Gasteiger partial charge in [0.1, 0.15) is 0 Å². The lowest BCUT2D eigenvalue weighted by Crippen LogP contribution is -2.44. The van der Waals surface area contributed by atoms with E-state index in [2.05, 4.69) is 31.4 Å². The van der Waals surface area contributed by atoms with Crippen LogP contribution in [0.1, 0.15) is 40.5 Å². The summed E-state index contributed by atoms with van der Waals surface area (Å²) in [7, 11) is 0. The number of hydrogen-bond acceptors (Lipinski definition) is 2. The van der Waals surface area contributed by atoms with Gasteiger partial charge < -0.3 is 10.6 Å². The molecule has 1 heterocycles. The molecule has 0 saturated carbocycles. The van der Waals surface area contributed by atoms with Crippen LogP contribution in [-0.2, 0) is 4.79 Å². The van der Waals surface area contributed by atoms with E-state index in [0.29, 0.717) is 5.92 Å². The number of rotatable bonds is 4. The molecule has 0 radical (unpaired) electrons. The molecule has 1 unspecified atom stereocenters. The third kappa shape index (κ3) is 3.78. The predicted octanol–water partition coefficient (Wildman–Crippen LogP) is 1.78. The normalized spacial score (nSPS) is 21.8. The molecule has 1 aliphatic rings. The van der Waals surface area contributed by atoms with E-state index in [0.717, 1.165) is 32.5 Å². The monoisotopic (exact) mass is 226 g/mol. The van der Waals surface area contributed by atoms with E-state index in [-0.39, 0.29) is 17.2 Å². The summed E-state index contributed by atoms with van der Waals surface area (Å²) in [5.74, 6) is 0.737. The van der Waals surface area contributed by atoms with Crippen LogP contribution in [0.5, 0.6) is 0 Å². The van der Waals surface area contributed by atoms with Crippen molar-refractivity contribution in [1.82, 2.24) is 10.6 Å². The zero-order valence-corrected chi connectivity index (χ0v) is 11.1. The van der Waals surface area contributed by atoms with Crippen molar-refractivity contribution in [3.05, 3.63) is 0 Å². The number of amides is 1. The van der Waals surface area contributed by atoms with Gasteiger partial charge in [-0.25, -0.2) is 0 Å². The molecule has 94 valence electrons. The number of piperidine rings is 1. The van der Waals surface area contributed by atoms with Crippen molar-refractivity contribution in [3.63, 3.8) is 0 Å². The van der Waals surface area contributed by atoms with Crippen molar-refractivity contribution in [1.29, 1.82) is 0 Å². The molecule has 0 aromatic heterocycles. The van der Waals surface area contributed by atoms with Gasteiger partial charge in [0, 0.05) is 12.5 Å². The van der Waals surface area contributed by atoms with E-state index in [4.69, 9.17) is 0 Å². The standard InChI is InChI=1S/C13H26N2O/c1-10(2)11(3)12(16)15-9-13(4)5-7-14-8-6-13/h10-11,14H,5-9H2,1-4H3,(H,15,16). The average molecular weight is 226 g/mol. The highest BCUT2D eigenvalue weighted by Gasteiger charge is 2.28. The number of hydrogen-bond donors (Lipinski definition) is 2. The first-order valence-corrected chi connectivity index (χ1v) is 6.43. The molecule has 0 aromatic rings. The second-order valence-corrected chi connectivity index (χ2v) is 5.81. The predicted molar refractivity (Wildman–Crippen MR) is 67.2 cm³/mol. The van der Waals surface area contributed by atoms with Crippen LogP contribution in [0.3, 0.4) is 0 Å². The van der Waals surface area contributed by atoms with Gasteiger partial charge in [0.15, 0.2) is 0 Å². The van der Waals surface area contributed by atoms with Crippen LogP contribution in [0.15, 0.2) is 0 Å². The maximum absolute atomic E-state index is 11.8. The third-order valence-corrected chi connectivity index (χ3v) is 3.91.